The number of rotatable bonds is 3. The molecule has 0 heterocycles. The number of esters is 1. The maximum Gasteiger partial charge on any atom is 0.338 e. The molecule has 3 aromatic rings. The first-order valence-corrected chi connectivity index (χ1v) is 8.59. The second-order valence-electron chi connectivity index (χ2n) is 6.37. The molecule has 3 aromatic carbocycles. The molecule has 0 N–H and O–H groups in total. The Bertz CT molecular complexity index is 1090. The van der Waals surface area contributed by atoms with Crippen LogP contribution < -0.4 is 4.74 Å². The summed E-state index contributed by atoms with van der Waals surface area (Å²) in [6.07, 6.45) is 0.651. The lowest BCUT2D eigenvalue weighted by Gasteiger charge is -2.15. The Morgan fingerprint density at radius 3 is 2.48 bits per heavy atom. The Kier molecular flexibility index (Phi) is 4.13. The van der Waals surface area contributed by atoms with Crippen molar-refractivity contribution in [2.45, 2.75) is 6.42 Å². The van der Waals surface area contributed by atoms with E-state index >= 15 is 0 Å². The standard InChI is InChI=1S/C23H17NO3/c1-26-17-9-8-15-10-19-21(14-6-4-3-5-7-14)20(23(25)27-2)11-16(13-24)22(19)18(15)12-17/h3-9,11-12H,10H2,1-2H3. The second-order valence-corrected chi connectivity index (χ2v) is 6.37. The van der Waals surface area contributed by atoms with Gasteiger partial charge in [-0.25, -0.2) is 4.79 Å². The number of carbonyl (C=O) groups is 1. The first-order chi connectivity index (χ1) is 13.2. The number of methoxy groups -OCH3 is 2. The average Bonchev–Trinajstić information content (AvgIpc) is 3.11. The fourth-order valence-electron chi connectivity index (χ4n) is 3.78. The van der Waals surface area contributed by atoms with Crippen molar-refractivity contribution in [1.29, 1.82) is 5.26 Å². The molecule has 0 atom stereocenters. The van der Waals surface area contributed by atoms with Crippen LogP contribution in [0.2, 0.25) is 0 Å². The van der Waals surface area contributed by atoms with Gasteiger partial charge in [0.2, 0.25) is 0 Å². The number of hydrogen-bond acceptors (Lipinski definition) is 4. The van der Waals surface area contributed by atoms with E-state index in [9.17, 15) is 10.1 Å². The molecule has 0 fully saturated rings. The molecule has 1 aliphatic rings. The number of carbonyl (C=O) groups excluding carboxylic acids is 1. The molecule has 4 rings (SSSR count). The summed E-state index contributed by atoms with van der Waals surface area (Å²) in [5.41, 5.74) is 6.58. The molecule has 132 valence electrons. The van der Waals surface area contributed by atoms with Crippen LogP contribution in [0.1, 0.15) is 27.0 Å². The first kappa shape index (κ1) is 16.9. The number of ether oxygens (including phenoxy) is 2. The molecule has 0 radical (unpaired) electrons. The normalized spacial score (nSPS) is 11.3. The van der Waals surface area contributed by atoms with Gasteiger partial charge in [-0.1, -0.05) is 36.4 Å². The van der Waals surface area contributed by atoms with Gasteiger partial charge in [-0.3, -0.25) is 0 Å². The number of nitriles is 1. The van der Waals surface area contributed by atoms with E-state index in [4.69, 9.17) is 9.47 Å². The smallest absolute Gasteiger partial charge is 0.338 e. The molecular weight excluding hydrogens is 338 g/mol. The van der Waals surface area contributed by atoms with Gasteiger partial charge in [0, 0.05) is 11.1 Å². The van der Waals surface area contributed by atoms with Crippen LogP contribution in [0.25, 0.3) is 22.3 Å². The second kappa shape index (κ2) is 6.62. The summed E-state index contributed by atoms with van der Waals surface area (Å²) in [7, 11) is 2.98. The SMILES string of the molecule is COC(=O)c1cc(C#N)c2c(c1-c1ccccc1)Cc1ccc(OC)cc1-2. The van der Waals surface area contributed by atoms with Crippen molar-refractivity contribution in [1.82, 2.24) is 0 Å². The molecule has 0 unspecified atom stereocenters. The monoisotopic (exact) mass is 355 g/mol. The van der Waals surface area contributed by atoms with Crippen LogP contribution in [-0.4, -0.2) is 20.2 Å². The number of fused-ring (bicyclic) bond motifs is 3. The van der Waals surface area contributed by atoms with Crippen LogP contribution in [0.15, 0.2) is 54.6 Å². The van der Waals surface area contributed by atoms with Gasteiger partial charge in [0.15, 0.2) is 0 Å². The van der Waals surface area contributed by atoms with Crippen molar-refractivity contribution in [2.24, 2.45) is 0 Å². The summed E-state index contributed by atoms with van der Waals surface area (Å²) in [5, 5.41) is 9.76. The summed E-state index contributed by atoms with van der Waals surface area (Å²) in [6.45, 7) is 0. The fourth-order valence-corrected chi connectivity index (χ4v) is 3.78. The number of hydrogen-bond donors (Lipinski definition) is 0. The van der Waals surface area contributed by atoms with Gasteiger partial charge < -0.3 is 9.47 Å². The van der Waals surface area contributed by atoms with Crippen LogP contribution in [-0.2, 0) is 11.2 Å². The minimum Gasteiger partial charge on any atom is -0.497 e. The van der Waals surface area contributed by atoms with Crippen molar-refractivity contribution in [3.05, 3.63) is 76.9 Å². The fraction of sp³-hybridized carbons (Fsp3) is 0.130. The highest BCUT2D eigenvalue weighted by Crippen LogP contribution is 2.46. The Hall–Kier alpha value is -3.58. The molecule has 0 aromatic heterocycles. The lowest BCUT2D eigenvalue weighted by molar-refractivity contribution is 0.0601. The van der Waals surface area contributed by atoms with Crippen molar-refractivity contribution >= 4 is 5.97 Å². The highest BCUT2D eigenvalue weighted by molar-refractivity contribution is 6.02. The van der Waals surface area contributed by atoms with Crippen LogP contribution in [0.4, 0.5) is 0 Å². The van der Waals surface area contributed by atoms with E-state index in [1.54, 1.807) is 13.2 Å². The molecule has 0 aliphatic heterocycles. The van der Waals surface area contributed by atoms with E-state index in [-0.39, 0.29) is 0 Å². The topological polar surface area (TPSA) is 59.3 Å². The summed E-state index contributed by atoms with van der Waals surface area (Å²) < 4.78 is 10.4. The van der Waals surface area contributed by atoms with E-state index in [2.05, 4.69) is 6.07 Å². The molecule has 0 saturated carbocycles. The Labute approximate surface area is 157 Å². The van der Waals surface area contributed by atoms with E-state index in [0.717, 1.165) is 39.1 Å². The first-order valence-electron chi connectivity index (χ1n) is 8.59. The maximum atomic E-state index is 12.5. The molecule has 0 saturated heterocycles. The molecular formula is C23H17NO3. The third-order valence-corrected chi connectivity index (χ3v) is 4.97. The molecule has 0 spiro atoms. The number of benzene rings is 3. The van der Waals surface area contributed by atoms with Crippen LogP contribution in [0, 0.1) is 11.3 Å². The average molecular weight is 355 g/mol. The van der Waals surface area contributed by atoms with Crippen LogP contribution >= 0.6 is 0 Å². The Balaban J connectivity index is 2.08. The summed E-state index contributed by atoms with van der Waals surface area (Å²) >= 11 is 0. The van der Waals surface area contributed by atoms with Gasteiger partial charge in [0.1, 0.15) is 5.75 Å². The Morgan fingerprint density at radius 2 is 1.81 bits per heavy atom. The predicted molar refractivity (Wildman–Crippen MR) is 103 cm³/mol. The Morgan fingerprint density at radius 1 is 1.04 bits per heavy atom. The van der Waals surface area contributed by atoms with Crippen LogP contribution in [0.3, 0.4) is 0 Å². The van der Waals surface area contributed by atoms with Gasteiger partial charge in [0.25, 0.3) is 0 Å². The molecule has 4 heteroatoms. The zero-order valence-corrected chi connectivity index (χ0v) is 15.1. The zero-order chi connectivity index (χ0) is 19.0. The lowest BCUT2D eigenvalue weighted by Crippen LogP contribution is -2.07. The predicted octanol–water partition coefficient (Wildman–Crippen LogP) is 4.59. The molecule has 0 amide bonds. The minimum atomic E-state index is -0.443. The quantitative estimate of drug-likeness (QED) is 0.504. The minimum absolute atomic E-state index is 0.416. The highest BCUT2D eigenvalue weighted by Gasteiger charge is 2.29. The molecule has 4 nitrogen and oxygen atoms in total. The van der Waals surface area contributed by atoms with Crippen LogP contribution in [0.5, 0.6) is 5.75 Å². The highest BCUT2D eigenvalue weighted by atomic mass is 16.5. The zero-order valence-electron chi connectivity index (χ0n) is 15.1. The maximum absolute atomic E-state index is 12.5. The largest absolute Gasteiger partial charge is 0.497 e. The van der Waals surface area contributed by atoms with E-state index < -0.39 is 5.97 Å². The van der Waals surface area contributed by atoms with Gasteiger partial charge in [-0.15, -0.1) is 0 Å². The summed E-state index contributed by atoms with van der Waals surface area (Å²) in [6, 6.07) is 19.5. The van der Waals surface area contributed by atoms with E-state index in [1.165, 1.54) is 7.11 Å². The number of nitrogens with zero attached hydrogens (tertiary/aromatic N) is 1. The third kappa shape index (κ3) is 2.65. The summed E-state index contributed by atoms with van der Waals surface area (Å²) in [5.74, 6) is 0.297. The van der Waals surface area contributed by atoms with Crippen molar-refractivity contribution < 1.29 is 14.3 Å². The van der Waals surface area contributed by atoms with E-state index in [1.807, 2.05) is 48.5 Å². The van der Waals surface area contributed by atoms with Crippen molar-refractivity contribution in [2.75, 3.05) is 14.2 Å². The van der Waals surface area contributed by atoms with Gasteiger partial charge in [-0.2, -0.15) is 5.26 Å². The van der Waals surface area contributed by atoms with Crippen molar-refractivity contribution in [3.63, 3.8) is 0 Å². The molecule has 27 heavy (non-hydrogen) atoms. The van der Waals surface area contributed by atoms with Gasteiger partial charge in [0.05, 0.1) is 31.4 Å². The van der Waals surface area contributed by atoms with E-state index in [0.29, 0.717) is 17.5 Å². The van der Waals surface area contributed by atoms with Crippen molar-refractivity contribution in [3.8, 4) is 34.1 Å². The summed E-state index contributed by atoms with van der Waals surface area (Å²) in [4.78, 5) is 12.5. The molecule has 1 aliphatic carbocycles. The van der Waals surface area contributed by atoms with Gasteiger partial charge >= 0.3 is 5.97 Å². The van der Waals surface area contributed by atoms with Gasteiger partial charge in [-0.05, 0) is 46.9 Å². The lowest BCUT2D eigenvalue weighted by atomic mass is 9.88. The molecule has 0 bridgehead atoms. The third-order valence-electron chi connectivity index (χ3n) is 4.97.